The van der Waals surface area contributed by atoms with Crippen LogP contribution in [0.3, 0.4) is 0 Å². The lowest BCUT2D eigenvalue weighted by Gasteiger charge is -2.63. The number of aliphatic hydroxyl groups is 2. The molecule has 3 heteroatoms. The van der Waals surface area contributed by atoms with Crippen molar-refractivity contribution in [3.05, 3.63) is 35.5 Å². The molecule has 2 N–H and O–H groups in total. The summed E-state index contributed by atoms with van der Waals surface area (Å²) in [4.78, 5) is 4.36. The molecule has 0 aromatic carbocycles. The molecule has 2 spiro atoms. The molecule has 0 unspecified atom stereocenters. The molecule has 3 nitrogen and oxygen atoms in total. The minimum atomic E-state index is 0.196. The first-order chi connectivity index (χ1) is 17.1. The molecule has 6 aliphatic rings. The van der Waals surface area contributed by atoms with E-state index >= 15 is 0 Å². The monoisotopic (exact) mass is 491 g/mol. The highest BCUT2D eigenvalue weighted by molar-refractivity contribution is 5.80. The summed E-state index contributed by atoms with van der Waals surface area (Å²) < 4.78 is 0. The number of aliphatic imine (C=N–C) groups is 1. The van der Waals surface area contributed by atoms with Crippen molar-refractivity contribution in [1.82, 2.24) is 0 Å². The number of rotatable bonds is 6. The Morgan fingerprint density at radius 3 is 2.67 bits per heavy atom. The van der Waals surface area contributed by atoms with Gasteiger partial charge in [-0.15, -0.1) is 0 Å². The van der Waals surface area contributed by atoms with Crippen LogP contribution in [0, 0.1) is 57.2 Å². The van der Waals surface area contributed by atoms with Gasteiger partial charge < -0.3 is 10.2 Å². The molecule has 4 saturated carbocycles. The van der Waals surface area contributed by atoms with Gasteiger partial charge in [-0.2, -0.15) is 0 Å². The number of fused-ring (bicyclic) bond motifs is 4. The van der Waals surface area contributed by atoms with E-state index in [-0.39, 0.29) is 22.9 Å². The van der Waals surface area contributed by atoms with E-state index in [1.807, 2.05) is 6.21 Å². The summed E-state index contributed by atoms with van der Waals surface area (Å²) in [7, 11) is 0. The lowest BCUT2D eigenvalue weighted by molar-refractivity contribution is -0.0839. The van der Waals surface area contributed by atoms with E-state index in [1.165, 1.54) is 56.1 Å². The Morgan fingerprint density at radius 1 is 1.17 bits per heavy atom. The molecule has 4 fully saturated rings. The quantitative estimate of drug-likeness (QED) is 0.431. The molecule has 6 rings (SSSR count). The van der Waals surface area contributed by atoms with Gasteiger partial charge in [-0.3, -0.25) is 4.99 Å². The van der Waals surface area contributed by atoms with Crippen LogP contribution in [0.25, 0.3) is 0 Å². The van der Waals surface area contributed by atoms with Crippen molar-refractivity contribution in [1.29, 1.82) is 0 Å². The molecular formula is C33H49NO2. The van der Waals surface area contributed by atoms with Crippen LogP contribution in [0.2, 0.25) is 0 Å². The van der Waals surface area contributed by atoms with E-state index in [0.29, 0.717) is 47.5 Å². The summed E-state index contributed by atoms with van der Waals surface area (Å²) in [5.74, 6) is 3.35. The summed E-state index contributed by atoms with van der Waals surface area (Å²) in [6.07, 6.45) is 17.7. The fourth-order valence-corrected chi connectivity index (χ4v) is 11.4. The molecule has 9 atom stereocenters. The van der Waals surface area contributed by atoms with Crippen molar-refractivity contribution in [3.8, 4) is 0 Å². The Bertz CT molecular complexity index is 1020. The van der Waals surface area contributed by atoms with Crippen molar-refractivity contribution in [2.24, 2.45) is 62.2 Å². The Labute approximate surface area is 219 Å². The third kappa shape index (κ3) is 3.33. The van der Waals surface area contributed by atoms with Crippen molar-refractivity contribution < 1.29 is 10.2 Å². The summed E-state index contributed by atoms with van der Waals surface area (Å²) in [6, 6.07) is 0. The van der Waals surface area contributed by atoms with Crippen LogP contribution in [-0.4, -0.2) is 36.2 Å². The number of aliphatic hydroxyl groups excluding tert-OH is 2. The fourth-order valence-electron chi connectivity index (χ4n) is 11.4. The van der Waals surface area contributed by atoms with Crippen molar-refractivity contribution in [2.75, 3.05) is 19.8 Å². The number of hydrogen-bond acceptors (Lipinski definition) is 3. The van der Waals surface area contributed by atoms with E-state index in [1.54, 1.807) is 5.57 Å². The molecule has 1 aliphatic heterocycles. The Kier molecular flexibility index (Phi) is 5.86. The SMILES string of the molecule is C=C1C=C2[C@@]3(CC[C@H](C[C@H](CO)CC4=CCN=C4)C3)C[C@@]3(CCC[C@H]3CO)[C@H](C)[C@@]2(C)[C@H]2[C@@H]1C2(C)C. The maximum Gasteiger partial charge on any atom is 0.0576 e. The molecule has 5 aliphatic carbocycles. The third-order valence-electron chi connectivity index (χ3n) is 12.9. The second-order valence-corrected chi connectivity index (χ2v) is 14.7. The maximum atomic E-state index is 10.6. The van der Waals surface area contributed by atoms with Gasteiger partial charge in [0.2, 0.25) is 0 Å². The Morgan fingerprint density at radius 2 is 1.97 bits per heavy atom. The van der Waals surface area contributed by atoms with E-state index in [0.717, 1.165) is 19.4 Å². The molecule has 0 aromatic rings. The van der Waals surface area contributed by atoms with Gasteiger partial charge in [-0.1, -0.05) is 64.0 Å². The van der Waals surface area contributed by atoms with Gasteiger partial charge in [0.25, 0.3) is 0 Å². The Balaban J connectivity index is 1.35. The van der Waals surface area contributed by atoms with Crippen LogP contribution < -0.4 is 0 Å². The van der Waals surface area contributed by atoms with Gasteiger partial charge in [0.15, 0.2) is 0 Å². The molecule has 36 heavy (non-hydrogen) atoms. The van der Waals surface area contributed by atoms with E-state index in [9.17, 15) is 10.2 Å². The second-order valence-electron chi connectivity index (χ2n) is 14.7. The van der Waals surface area contributed by atoms with Gasteiger partial charge in [0.1, 0.15) is 0 Å². The van der Waals surface area contributed by atoms with E-state index in [4.69, 9.17) is 0 Å². The number of allylic oxidation sites excluding steroid dienone is 4. The summed E-state index contributed by atoms with van der Waals surface area (Å²) in [5, 5.41) is 20.9. The minimum absolute atomic E-state index is 0.196. The largest absolute Gasteiger partial charge is 0.396 e. The first-order valence-electron chi connectivity index (χ1n) is 14.9. The lowest BCUT2D eigenvalue weighted by Crippen LogP contribution is -2.56. The summed E-state index contributed by atoms with van der Waals surface area (Å²) in [5.41, 5.74) is 5.45. The first-order valence-corrected chi connectivity index (χ1v) is 14.9. The smallest absolute Gasteiger partial charge is 0.0576 e. The predicted octanol–water partition coefficient (Wildman–Crippen LogP) is 6.77. The molecule has 0 saturated heterocycles. The maximum absolute atomic E-state index is 10.6. The average molecular weight is 492 g/mol. The standard InChI is InChI=1S/C33H49NO2/c1-21-13-27-31(5,29-28(21)30(29,3)4)22(2)33(10-6-7-26(33)19-36)20-32(27)11-8-23(16-32)14-25(18-35)15-24-9-12-34-17-24/h9,13,17,22-23,25-26,28-29,35-36H,1,6-8,10-12,14-16,18-20H2,2-5H3/t22-,23-,25+,26+,28-,29+,31-,32-,33+/m1/s1. The van der Waals surface area contributed by atoms with E-state index < -0.39 is 0 Å². The van der Waals surface area contributed by atoms with Gasteiger partial charge in [0, 0.05) is 19.4 Å². The molecule has 0 bridgehead atoms. The molecule has 0 radical (unpaired) electrons. The zero-order valence-corrected chi connectivity index (χ0v) is 23.2. The van der Waals surface area contributed by atoms with E-state index in [2.05, 4.69) is 51.4 Å². The fraction of sp³-hybridized carbons (Fsp3) is 0.788. The zero-order chi connectivity index (χ0) is 25.5. The van der Waals surface area contributed by atoms with Crippen molar-refractivity contribution >= 4 is 6.21 Å². The van der Waals surface area contributed by atoms with Crippen LogP contribution in [-0.2, 0) is 0 Å². The normalized spacial score (nSPS) is 47.2. The van der Waals surface area contributed by atoms with Crippen molar-refractivity contribution in [2.45, 2.75) is 85.5 Å². The highest BCUT2D eigenvalue weighted by Gasteiger charge is 2.75. The van der Waals surface area contributed by atoms with Crippen LogP contribution in [0.4, 0.5) is 0 Å². The zero-order valence-electron chi connectivity index (χ0n) is 23.2. The second kappa shape index (κ2) is 8.40. The van der Waals surface area contributed by atoms with Gasteiger partial charge in [0.05, 0.1) is 6.54 Å². The van der Waals surface area contributed by atoms with Crippen LogP contribution >= 0.6 is 0 Å². The topological polar surface area (TPSA) is 52.8 Å². The lowest BCUT2D eigenvalue weighted by atomic mass is 9.41. The van der Waals surface area contributed by atoms with Gasteiger partial charge in [-0.05, 0) is 114 Å². The number of nitrogens with zero attached hydrogens (tertiary/aromatic N) is 1. The highest BCUT2D eigenvalue weighted by Crippen LogP contribution is 2.82. The van der Waals surface area contributed by atoms with Crippen LogP contribution in [0.5, 0.6) is 0 Å². The molecular weight excluding hydrogens is 442 g/mol. The predicted molar refractivity (Wildman–Crippen MR) is 148 cm³/mol. The average Bonchev–Trinajstić information content (AvgIpc) is 3.34. The minimum Gasteiger partial charge on any atom is -0.396 e. The summed E-state index contributed by atoms with van der Waals surface area (Å²) >= 11 is 0. The Hall–Kier alpha value is -1.19. The molecule has 0 amide bonds. The first kappa shape index (κ1) is 25.1. The van der Waals surface area contributed by atoms with Crippen LogP contribution in [0.15, 0.2) is 40.4 Å². The third-order valence-corrected chi connectivity index (χ3v) is 12.9. The van der Waals surface area contributed by atoms with Crippen molar-refractivity contribution in [3.63, 3.8) is 0 Å². The molecule has 0 aromatic heterocycles. The highest BCUT2D eigenvalue weighted by atomic mass is 16.3. The van der Waals surface area contributed by atoms with Gasteiger partial charge >= 0.3 is 0 Å². The van der Waals surface area contributed by atoms with Crippen LogP contribution in [0.1, 0.15) is 85.5 Å². The van der Waals surface area contributed by atoms with Gasteiger partial charge in [-0.25, -0.2) is 0 Å². The molecule has 1 heterocycles. The number of hydrogen-bond donors (Lipinski definition) is 2. The summed E-state index contributed by atoms with van der Waals surface area (Å²) in [6.45, 7) is 16.2. The molecule has 198 valence electrons.